The number of methoxy groups -OCH3 is 1. The fourth-order valence-corrected chi connectivity index (χ4v) is 4.98. The number of ether oxygens (including phenoxy) is 1. The number of carboxylic acids is 1. The van der Waals surface area contributed by atoms with E-state index in [0.29, 0.717) is 37.6 Å². The van der Waals surface area contributed by atoms with Crippen molar-refractivity contribution in [2.45, 2.75) is 25.3 Å². The number of pyridine rings is 1. The van der Waals surface area contributed by atoms with Gasteiger partial charge in [0, 0.05) is 24.2 Å². The van der Waals surface area contributed by atoms with E-state index in [1.165, 1.54) is 0 Å². The number of rotatable bonds is 8. The molecular formula is C28H28F3N3O4. The van der Waals surface area contributed by atoms with Gasteiger partial charge in [0.25, 0.3) is 0 Å². The molecule has 1 fully saturated rings. The van der Waals surface area contributed by atoms with E-state index >= 15 is 0 Å². The summed E-state index contributed by atoms with van der Waals surface area (Å²) in [6.07, 6.45) is 3.30. The highest BCUT2D eigenvalue weighted by molar-refractivity contribution is 5.84. The first-order chi connectivity index (χ1) is 18.3. The Hall–Kier alpha value is -3.65. The number of halogens is 3. The molecule has 1 aromatic heterocycles. The Kier molecular flexibility index (Phi) is 8.84. The lowest BCUT2D eigenvalue weighted by atomic mass is 9.81. The van der Waals surface area contributed by atoms with Crippen molar-refractivity contribution in [3.63, 3.8) is 0 Å². The van der Waals surface area contributed by atoms with Gasteiger partial charge >= 0.3 is 5.97 Å². The second kappa shape index (κ2) is 12.3. The van der Waals surface area contributed by atoms with Gasteiger partial charge in [-0.3, -0.25) is 14.7 Å². The molecule has 38 heavy (non-hydrogen) atoms. The number of piperidine rings is 1. The standard InChI is InChI=1S/C28H28F3N3O4/c1-38-20-5-7-25-22(15-20)21(8-10-32-25)26(33-37)6-4-17-9-12-34(16-23(17)28(35)36)11-2-3-18-13-19(29)14-24(30)27(18)31/h5,7-8,10,13-15,17,23,26,33,37H,4,6,9,11-12,16H2,1H3,(H,35,36)/t17-,23+,26-/m1/s1. The molecule has 0 amide bonds. The van der Waals surface area contributed by atoms with E-state index in [-0.39, 0.29) is 24.6 Å². The molecule has 1 aliphatic rings. The second-order valence-corrected chi connectivity index (χ2v) is 9.32. The maximum Gasteiger partial charge on any atom is 0.308 e. The molecule has 0 spiro atoms. The quantitative estimate of drug-likeness (QED) is 0.225. The molecule has 0 radical (unpaired) electrons. The summed E-state index contributed by atoms with van der Waals surface area (Å²) in [6, 6.07) is 8.16. The molecule has 0 saturated carbocycles. The van der Waals surface area contributed by atoms with Crippen LogP contribution in [0.2, 0.25) is 0 Å². The van der Waals surface area contributed by atoms with Crippen LogP contribution in [0.15, 0.2) is 42.6 Å². The number of aromatic nitrogens is 1. The molecule has 3 aromatic rings. The van der Waals surface area contributed by atoms with Crippen LogP contribution >= 0.6 is 0 Å². The van der Waals surface area contributed by atoms with E-state index in [1.807, 2.05) is 29.2 Å². The van der Waals surface area contributed by atoms with Crippen molar-refractivity contribution in [2.24, 2.45) is 11.8 Å². The number of hydrogen-bond acceptors (Lipinski definition) is 6. The Labute approximate surface area is 218 Å². The fourth-order valence-electron chi connectivity index (χ4n) is 4.98. The van der Waals surface area contributed by atoms with Gasteiger partial charge in [-0.25, -0.2) is 13.2 Å². The monoisotopic (exact) mass is 527 g/mol. The van der Waals surface area contributed by atoms with Gasteiger partial charge in [0.15, 0.2) is 11.6 Å². The molecule has 2 heterocycles. The predicted octanol–water partition coefficient (Wildman–Crippen LogP) is 4.54. The average Bonchev–Trinajstić information content (AvgIpc) is 2.91. The van der Waals surface area contributed by atoms with Crippen LogP contribution in [0, 0.1) is 41.1 Å². The van der Waals surface area contributed by atoms with Gasteiger partial charge in [-0.1, -0.05) is 11.8 Å². The number of nitrogens with zero attached hydrogens (tertiary/aromatic N) is 2. The number of hydroxylamine groups is 1. The molecular weight excluding hydrogens is 499 g/mol. The molecule has 0 aliphatic carbocycles. The van der Waals surface area contributed by atoms with Crippen molar-refractivity contribution in [3.8, 4) is 17.6 Å². The molecule has 1 saturated heterocycles. The van der Waals surface area contributed by atoms with Crippen molar-refractivity contribution in [1.82, 2.24) is 15.4 Å². The molecule has 7 nitrogen and oxygen atoms in total. The van der Waals surface area contributed by atoms with Gasteiger partial charge in [-0.05, 0) is 67.6 Å². The number of carboxylic acid groups (broad SMARTS) is 1. The summed E-state index contributed by atoms with van der Waals surface area (Å²) in [6.45, 7) is 0.941. The minimum absolute atomic E-state index is 0.134. The zero-order valence-corrected chi connectivity index (χ0v) is 20.8. The summed E-state index contributed by atoms with van der Waals surface area (Å²) in [5, 5.41) is 20.7. The van der Waals surface area contributed by atoms with Crippen LogP contribution in [-0.4, -0.2) is 52.9 Å². The third-order valence-electron chi connectivity index (χ3n) is 7.02. The number of carbonyl (C=O) groups is 1. The smallest absolute Gasteiger partial charge is 0.308 e. The first-order valence-electron chi connectivity index (χ1n) is 12.2. The van der Waals surface area contributed by atoms with Gasteiger partial charge in [0.1, 0.15) is 11.6 Å². The second-order valence-electron chi connectivity index (χ2n) is 9.32. The van der Waals surface area contributed by atoms with Gasteiger partial charge in [0.05, 0.1) is 36.7 Å². The number of aliphatic carboxylic acids is 1. The first kappa shape index (κ1) is 27.4. The number of fused-ring (bicyclic) bond motifs is 1. The van der Waals surface area contributed by atoms with E-state index < -0.39 is 35.4 Å². The molecule has 1 aliphatic heterocycles. The van der Waals surface area contributed by atoms with E-state index in [2.05, 4.69) is 22.3 Å². The third kappa shape index (κ3) is 6.25. The molecule has 3 atom stereocenters. The van der Waals surface area contributed by atoms with Crippen LogP contribution in [-0.2, 0) is 4.79 Å². The molecule has 3 N–H and O–H groups in total. The zero-order chi connectivity index (χ0) is 27.2. The summed E-state index contributed by atoms with van der Waals surface area (Å²) >= 11 is 0. The van der Waals surface area contributed by atoms with Crippen LogP contribution in [0.5, 0.6) is 5.75 Å². The molecule has 0 bridgehead atoms. The maximum absolute atomic E-state index is 13.8. The van der Waals surface area contributed by atoms with E-state index in [9.17, 15) is 28.3 Å². The minimum Gasteiger partial charge on any atom is -0.497 e. The summed E-state index contributed by atoms with van der Waals surface area (Å²) in [5.41, 5.74) is 3.57. The molecule has 10 heteroatoms. The number of benzene rings is 2. The highest BCUT2D eigenvalue weighted by Gasteiger charge is 2.34. The van der Waals surface area contributed by atoms with Crippen LogP contribution in [0.4, 0.5) is 13.2 Å². The predicted molar refractivity (Wildman–Crippen MR) is 134 cm³/mol. The average molecular weight is 528 g/mol. The summed E-state index contributed by atoms with van der Waals surface area (Å²) < 4.78 is 45.9. The highest BCUT2D eigenvalue weighted by Crippen LogP contribution is 2.33. The van der Waals surface area contributed by atoms with E-state index in [4.69, 9.17) is 4.74 Å². The van der Waals surface area contributed by atoms with Crippen molar-refractivity contribution in [1.29, 1.82) is 0 Å². The van der Waals surface area contributed by atoms with Crippen LogP contribution < -0.4 is 10.2 Å². The number of hydrogen-bond donors (Lipinski definition) is 3. The zero-order valence-electron chi connectivity index (χ0n) is 20.8. The van der Waals surface area contributed by atoms with Crippen molar-refractivity contribution < 1.29 is 33.0 Å². The van der Waals surface area contributed by atoms with Gasteiger partial charge in [0.2, 0.25) is 0 Å². The van der Waals surface area contributed by atoms with Gasteiger partial charge in [-0.2, -0.15) is 5.48 Å². The van der Waals surface area contributed by atoms with Gasteiger partial charge in [-0.15, -0.1) is 0 Å². The first-order valence-corrected chi connectivity index (χ1v) is 12.2. The largest absolute Gasteiger partial charge is 0.497 e. The Balaban J connectivity index is 1.42. The molecule has 0 unspecified atom stereocenters. The SMILES string of the molecule is COc1ccc2nccc([C@@H](CC[C@@H]3CCN(CC#Cc4cc(F)cc(F)c4F)C[C@@H]3C(=O)O)NO)c2c1. The normalized spacial score (nSPS) is 18.6. The lowest BCUT2D eigenvalue weighted by Gasteiger charge is -2.36. The Morgan fingerprint density at radius 3 is 2.82 bits per heavy atom. The van der Waals surface area contributed by atoms with Crippen molar-refractivity contribution in [3.05, 3.63) is 71.2 Å². The van der Waals surface area contributed by atoms with Crippen LogP contribution in [0.1, 0.15) is 36.4 Å². The topological polar surface area (TPSA) is 94.9 Å². The summed E-state index contributed by atoms with van der Waals surface area (Å²) in [7, 11) is 1.57. The molecule has 2 aromatic carbocycles. The van der Waals surface area contributed by atoms with Crippen LogP contribution in [0.3, 0.4) is 0 Å². The summed E-state index contributed by atoms with van der Waals surface area (Å²) in [4.78, 5) is 18.3. The van der Waals surface area contributed by atoms with E-state index in [1.54, 1.807) is 13.3 Å². The maximum atomic E-state index is 13.8. The van der Waals surface area contributed by atoms with E-state index in [0.717, 1.165) is 22.5 Å². The Morgan fingerprint density at radius 1 is 1.26 bits per heavy atom. The Bertz CT molecular complexity index is 1370. The third-order valence-corrected chi connectivity index (χ3v) is 7.02. The summed E-state index contributed by atoms with van der Waals surface area (Å²) in [5.74, 6) is 0.626. The lowest BCUT2D eigenvalue weighted by molar-refractivity contribution is -0.146. The molecule has 200 valence electrons. The van der Waals surface area contributed by atoms with Crippen molar-refractivity contribution >= 4 is 16.9 Å². The van der Waals surface area contributed by atoms with Crippen LogP contribution in [0.25, 0.3) is 10.9 Å². The number of nitrogens with one attached hydrogen (secondary N) is 1. The Morgan fingerprint density at radius 2 is 2.08 bits per heavy atom. The molecule has 4 rings (SSSR count). The highest BCUT2D eigenvalue weighted by atomic mass is 19.2. The fraction of sp³-hybridized carbons (Fsp3) is 0.357. The minimum atomic E-state index is -1.31. The van der Waals surface area contributed by atoms with Gasteiger partial charge < -0.3 is 15.1 Å². The number of likely N-dealkylation sites (tertiary alicyclic amines) is 1. The van der Waals surface area contributed by atoms with Crippen molar-refractivity contribution in [2.75, 3.05) is 26.7 Å². The lowest BCUT2D eigenvalue weighted by Crippen LogP contribution is -2.44.